The van der Waals surface area contributed by atoms with Crippen molar-refractivity contribution in [2.45, 2.75) is 6.54 Å². The zero-order valence-electron chi connectivity index (χ0n) is 12.2. The van der Waals surface area contributed by atoms with Gasteiger partial charge in [-0.05, 0) is 5.56 Å². The Labute approximate surface area is 129 Å². The summed E-state index contributed by atoms with van der Waals surface area (Å²) >= 11 is 0. The smallest absolute Gasteiger partial charge is 0.244 e. The molecule has 114 valence electrons. The second-order valence-corrected chi connectivity index (χ2v) is 5.11. The van der Waals surface area contributed by atoms with Crippen molar-refractivity contribution in [1.82, 2.24) is 20.1 Å². The Morgan fingerprint density at radius 2 is 1.91 bits per heavy atom. The van der Waals surface area contributed by atoms with E-state index >= 15 is 0 Å². The number of benzene rings is 1. The Balaban J connectivity index is 1.61. The molecule has 1 amide bonds. The van der Waals surface area contributed by atoms with Crippen molar-refractivity contribution in [2.24, 2.45) is 0 Å². The molecule has 1 N–H and O–H groups in total. The van der Waals surface area contributed by atoms with E-state index in [4.69, 9.17) is 0 Å². The van der Waals surface area contributed by atoms with Gasteiger partial charge in [0.15, 0.2) is 5.82 Å². The van der Waals surface area contributed by atoms with Gasteiger partial charge in [0.05, 0.1) is 6.20 Å². The summed E-state index contributed by atoms with van der Waals surface area (Å²) in [6, 6.07) is 10.1. The second-order valence-electron chi connectivity index (χ2n) is 5.11. The van der Waals surface area contributed by atoms with Gasteiger partial charge in [0.2, 0.25) is 12.4 Å². The van der Waals surface area contributed by atoms with E-state index in [1.165, 1.54) is 0 Å². The Bertz CT molecular complexity index is 612. The van der Waals surface area contributed by atoms with E-state index in [9.17, 15) is 4.79 Å². The summed E-state index contributed by atoms with van der Waals surface area (Å²) in [5.41, 5.74) is 1.16. The highest BCUT2D eigenvalue weighted by atomic mass is 16.1. The number of carbonyl (C=O) groups excluding carboxylic acids is 1. The Hall–Kier alpha value is -2.70. The normalized spacial score (nSPS) is 14.7. The summed E-state index contributed by atoms with van der Waals surface area (Å²) in [4.78, 5) is 19.1. The Morgan fingerprint density at radius 3 is 2.64 bits per heavy atom. The summed E-state index contributed by atoms with van der Waals surface area (Å²) in [7, 11) is 0. The molecule has 3 rings (SSSR count). The molecular weight excluding hydrogens is 280 g/mol. The van der Waals surface area contributed by atoms with E-state index in [0.29, 0.717) is 25.6 Å². The van der Waals surface area contributed by atoms with E-state index in [-0.39, 0.29) is 0 Å². The molecule has 1 aliphatic heterocycles. The quantitative estimate of drug-likeness (QED) is 0.822. The van der Waals surface area contributed by atoms with Crippen molar-refractivity contribution in [3.05, 3.63) is 42.1 Å². The fourth-order valence-electron chi connectivity index (χ4n) is 2.36. The van der Waals surface area contributed by atoms with Crippen LogP contribution in [0.25, 0.3) is 0 Å². The van der Waals surface area contributed by atoms with Gasteiger partial charge >= 0.3 is 0 Å². The Kier molecular flexibility index (Phi) is 4.43. The van der Waals surface area contributed by atoms with Gasteiger partial charge in [-0.25, -0.2) is 0 Å². The van der Waals surface area contributed by atoms with Crippen LogP contribution in [-0.4, -0.2) is 52.7 Å². The third-order valence-corrected chi connectivity index (χ3v) is 3.63. The van der Waals surface area contributed by atoms with E-state index < -0.39 is 0 Å². The minimum atomic E-state index is 0.513. The SMILES string of the molecule is O=CN1CCN(c2cnnc(NCc3ccccc3)n2)CC1. The standard InChI is InChI=1S/C15H18N6O/c22-12-20-6-8-21(9-7-20)14-11-17-19-15(18-14)16-10-13-4-2-1-3-5-13/h1-5,11-12H,6-10H2,(H,16,18,19). The van der Waals surface area contributed by atoms with Gasteiger partial charge in [0.25, 0.3) is 0 Å². The van der Waals surface area contributed by atoms with Crippen molar-refractivity contribution in [1.29, 1.82) is 0 Å². The highest BCUT2D eigenvalue weighted by molar-refractivity contribution is 5.49. The van der Waals surface area contributed by atoms with Crippen LogP contribution >= 0.6 is 0 Å². The van der Waals surface area contributed by atoms with Crippen LogP contribution in [0.2, 0.25) is 0 Å². The lowest BCUT2D eigenvalue weighted by Crippen LogP contribution is -2.46. The largest absolute Gasteiger partial charge is 0.352 e. The van der Waals surface area contributed by atoms with Crippen molar-refractivity contribution in [3.8, 4) is 0 Å². The van der Waals surface area contributed by atoms with Gasteiger partial charge in [-0.2, -0.15) is 10.1 Å². The molecule has 1 aromatic carbocycles. The lowest BCUT2D eigenvalue weighted by Gasteiger charge is -2.33. The molecule has 1 aliphatic rings. The molecule has 1 saturated heterocycles. The van der Waals surface area contributed by atoms with Gasteiger partial charge < -0.3 is 15.1 Å². The first-order valence-corrected chi connectivity index (χ1v) is 7.27. The van der Waals surface area contributed by atoms with Crippen LogP contribution in [0.15, 0.2) is 36.5 Å². The van der Waals surface area contributed by atoms with Crippen molar-refractivity contribution in [2.75, 3.05) is 36.4 Å². The minimum absolute atomic E-state index is 0.513. The molecule has 0 atom stereocenters. The zero-order valence-corrected chi connectivity index (χ0v) is 12.2. The fourth-order valence-corrected chi connectivity index (χ4v) is 2.36. The third-order valence-electron chi connectivity index (χ3n) is 3.63. The number of nitrogens with zero attached hydrogens (tertiary/aromatic N) is 5. The van der Waals surface area contributed by atoms with Crippen LogP contribution in [0.5, 0.6) is 0 Å². The highest BCUT2D eigenvalue weighted by Crippen LogP contribution is 2.13. The van der Waals surface area contributed by atoms with Crippen LogP contribution in [-0.2, 0) is 11.3 Å². The fraction of sp³-hybridized carbons (Fsp3) is 0.333. The van der Waals surface area contributed by atoms with Crippen LogP contribution in [0.3, 0.4) is 0 Å². The van der Waals surface area contributed by atoms with Crippen LogP contribution in [0.4, 0.5) is 11.8 Å². The summed E-state index contributed by atoms with van der Waals surface area (Å²) < 4.78 is 0. The molecule has 7 heteroatoms. The maximum Gasteiger partial charge on any atom is 0.244 e. The summed E-state index contributed by atoms with van der Waals surface area (Å²) in [5, 5.41) is 11.2. The number of amides is 1. The van der Waals surface area contributed by atoms with Crippen LogP contribution in [0, 0.1) is 0 Å². The molecule has 0 aliphatic carbocycles. The highest BCUT2D eigenvalue weighted by Gasteiger charge is 2.17. The van der Waals surface area contributed by atoms with Gasteiger partial charge in [-0.15, -0.1) is 5.10 Å². The molecule has 0 unspecified atom stereocenters. The first kappa shape index (κ1) is 14.2. The lowest BCUT2D eigenvalue weighted by atomic mass is 10.2. The zero-order chi connectivity index (χ0) is 15.2. The van der Waals surface area contributed by atoms with Gasteiger partial charge in [0, 0.05) is 32.7 Å². The molecule has 1 fully saturated rings. The first-order chi connectivity index (χ1) is 10.8. The number of hydrogen-bond acceptors (Lipinski definition) is 6. The molecule has 1 aromatic heterocycles. The lowest BCUT2D eigenvalue weighted by molar-refractivity contribution is -0.118. The molecule has 0 spiro atoms. The van der Waals surface area contributed by atoms with Gasteiger partial charge in [-0.1, -0.05) is 30.3 Å². The van der Waals surface area contributed by atoms with Crippen molar-refractivity contribution in [3.63, 3.8) is 0 Å². The second kappa shape index (κ2) is 6.84. The number of anilines is 2. The number of hydrogen-bond donors (Lipinski definition) is 1. The predicted octanol–water partition coefficient (Wildman–Crippen LogP) is 0.762. The van der Waals surface area contributed by atoms with Gasteiger partial charge in [0.1, 0.15) is 0 Å². The summed E-state index contributed by atoms with van der Waals surface area (Å²) in [6.45, 7) is 3.59. The molecule has 2 aromatic rings. The molecule has 0 bridgehead atoms. The van der Waals surface area contributed by atoms with E-state index in [2.05, 4.69) is 25.4 Å². The molecular formula is C15H18N6O. The number of rotatable bonds is 5. The number of piperazine rings is 1. The number of nitrogens with one attached hydrogen (secondary N) is 1. The molecule has 7 nitrogen and oxygen atoms in total. The van der Waals surface area contributed by atoms with E-state index in [0.717, 1.165) is 30.9 Å². The molecule has 2 heterocycles. The van der Waals surface area contributed by atoms with Crippen molar-refractivity contribution >= 4 is 18.2 Å². The monoisotopic (exact) mass is 298 g/mol. The maximum absolute atomic E-state index is 10.7. The molecule has 0 saturated carbocycles. The van der Waals surface area contributed by atoms with E-state index in [1.54, 1.807) is 11.1 Å². The van der Waals surface area contributed by atoms with Gasteiger partial charge in [-0.3, -0.25) is 4.79 Å². The predicted molar refractivity (Wildman–Crippen MR) is 83.4 cm³/mol. The summed E-state index contributed by atoms with van der Waals surface area (Å²) in [5.74, 6) is 1.30. The third kappa shape index (κ3) is 3.49. The maximum atomic E-state index is 10.7. The average Bonchev–Trinajstić information content (AvgIpc) is 2.61. The first-order valence-electron chi connectivity index (χ1n) is 7.27. The van der Waals surface area contributed by atoms with Crippen LogP contribution < -0.4 is 10.2 Å². The Morgan fingerprint density at radius 1 is 1.14 bits per heavy atom. The topological polar surface area (TPSA) is 74.2 Å². The average molecular weight is 298 g/mol. The van der Waals surface area contributed by atoms with Crippen LogP contribution in [0.1, 0.15) is 5.56 Å². The minimum Gasteiger partial charge on any atom is -0.352 e. The number of aromatic nitrogens is 3. The number of carbonyl (C=O) groups is 1. The van der Waals surface area contributed by atoms with Crippen molar-refractivity contribution < 1.29 is 4.79 Å². The van der Waals surface area contributed by atoms with E-state index in [1.807, 2.05) is 30.3 Å². The molecule has 22 heavy (non-hydrogen) atoms. The summed E-state index contributed by atoms with van der Waals surface area (Å²) in [6.07, 6.45) is 2.55. The molecule has 0 radical (unpaired) electrons.